The molecule has 15 heavy (non-hydrogen) atoms. The second-order valence-electron chi connectivity index (χ2n) is 3.74. The Morgan fingerprint density at radius 1 is 1.47 bits per heavy atom. The van der Waals surface area contributed by atoms with Crippen LogP contribution in [-0.2, 0) is 4.74 Å². The van der Waals surface area contributed by atoms with Gasteiger partial charge in [-0.15, -0.1) is 0 Å². The average Bonchev–Trinajstić information content (AvgIpc) is 2.17. The first-order valence-corrected chi connectivity index (χ1v) is 5.53. The Hall–Kier alpha value is -0.570. The molecule has 0 heterocycles. The molecule has 1 atom stereocenters. The summed E-state index contributed by atoms with van der Waals surface area (Å²) in [5, 5.41) is 0.764. The van der Waals surface area contributed by atoms with E-state index in [0.29, 0.717) is 0 Å². The number of halogens is 1. The second kappa shape index (κ2) is 6.11. The fourth-order valence-corrected chi connectivity index (χ4v) is 1.88. The van der Waals surface area contributed by atoms with Gasteiger partial charge in [-0.05, 0) is 43.0 Å². The van der Waals surface area contributed by atoms with Crippen LogP contribution in [0.5, 0.6) is 0 Å². The van der Waals surface area contributed by atoms with Crippen molar-refractivity contribution in [1.29, 1.82) is 0 Å². The van der Waals surface area contributed by atoms with Crippen LogP contribution in [0.2, 0.25) is 5.02 Å². The van der Waals surface area contributed by atoms with Gasteiger partial charge in [-0.3, -0.25) is 0 Å². The van der Waals surface area contributed by atoms with Crippen molar-refractivity contribution >= 4 is 11.6 Å². The molecular weight excluding hydrogens is 210 g/mol. The summed E-state index contributed by atoms with van der Waals surface area (Å²) in [6.07, 6.45) is 1.93. The molecule has 1 aromatic carbocycles. The molecule has 0 radical (unpaired) electrons. The predicted octanol–water partition coefficient (Wildman–Crippen LogP) is 3.07. The molecule has 1 unspecified atom stereocenters. The monoisotopic (exact) mass is 227 g/mol. The van der Waals surface area contributed by atoms with E-state index < -0.39 is 0 Å². The molecule has 1 aromatic rings. The number of aryl methyl sites for hydroxylation is 1. The Labute approximate surface area is 96.4 Å². The Morgan fingerprint density at radius 2 is 2.20 bits per heavy atom. The van der Waals surface area contributed by atoms with Crippen LogP contribution in [0, 0.1) is 6.92 Å². The first-order valence-electron chi connectivity index (χ1n) is 5.15. The van der Waals surface area contributed by atoms with E-state index >= 15 is 0 Å². The lowest BCUT2D eigenvalue weighted by atomic mass is 9.98. The summed E-state index contributed by atoms with van der Waals surface area (Å²) >= 11 is 5.89. The Bertz CT molecular complexity index is 314. The molecule has 2 N–H and O–H groups in total. The highest BCUT2D eigenvalue weighted by Gasteiger charge is 2.08. The third kappa shape index (κ3) is 3.82. The minimum Gasteiger partial charge on any atom is -0.385 e. The van der Waals surface area contributed by atoms with Crippen LogP contribution in [0.25, 0.3) is 0 Å². The van der Waals surface area contributed by atoms with Crippen molar-refractivity contribution in [2.75, 3.05) is 13.7 Å². The first kappa shape index (κ1) is 12.5. The maximum atomic E-state index is 6.09. The van der Waals surface area contributed by atoms with Gasteiger partial charge < -0.3 is 10.5 Å². The number of hydrogen-bond donors (Lipinski definition) is 1. The average molecular weight is 228 g/mol. The Morgan fingerprint density at radius 3 is 2.80 bits per heavy atom. The van der Waals surface area contributed by atoms with Gasteiger partial charge in [0.15, 0.2) is 0 Å². The summed E-state index contributed by atoms with van der Waals surface area (Å²) < 4.78 is 5.00. The van der Waals surface area contributed by atoms with E-state index in [0.717, 1.165) is 30.0 Å². The highest BCUT2D eigenvalue weighted by Crippen LogP contribution is 2.22. The van der Waals surface area contributed by atoms with Crippen molar-refractivity contribution in [3.63, 3.8) is 0 Å². The molecule has 0 aromatic heterocycles. The summed E-state index contributed by atoms with van der Waals surface area (Å²) in [7, 11) is 1.71. The van der Waals surface area contributed by atoms with Crippen molar-refractivity contribution in [1.82, 2.24) is 0 Å². The summed E-state index contributed by atoms with van der Waals surface area (Å²) in [6, 6.07) is 5.93. The third-order valence-corrected chi connectivity index (χ3v) is 2.73. The van der Waals surface area contributed by atoms with Crippen LogP contribution < -0.4 is 5.73 Å². The summed E-state index contributed by atoms with van der Waals surface area (Å²) in [4.78, 5) is 0. The molecule has 1 rings (SSSR count). The van der Waals surface area contributed by atoms with Crippen LogP contribution in [-0.4, -0.2) is 13.7 Å². The lowest BCUT2D eigenvalue weighted by Gasteiger charge is -2.14. The fraction of sp³-hybridized carbons (Fsp3) is 0.500. The highest BCUT2D eigenvalue weighted by molar-refractivity contribution is 6.30. The van der Waals surface area contributed by atoms with E-state index in [-0.39, 0.29) is 6.04 Å². The zero-order valence-corrected chi connectivity index (χ0v) is 10.1. The number of rotatable bonds is 5. The zero-order valence-electron chi connectivity index (χ0n) is 9.29. The van der Waals surface area contributed by atoms with Gasteiger partial charge in [0.05, 0.1) is 0 Å². The number of ether oxygens (including phenoxy) is 1. The van der Waals surface area contributed by atoms with Crippen molar-refractivity contribution < 1.29 is 4.74 Å². The molecule has 0 saturated carbocycles. The second-order valence-corrected chi connectivity index (χ2v) is 4.18. The van der Waals surface area contributed by atoms with Gasteiger partial charge in [0.1, 0.15) is 0 Å². The maximum Gasteiger partial charge on any atom is 0.0462 e. The smallest absolute Gasteiger partial charge is 0.0462 e. The molecule has 0 aliphatic rings. The molecule has 3 heteroatoms. The fourth-order valence-electron chi connectivity index (χ4n) is 1.66. The molecular formula is C12H18ClNO. The van der Waals surface area contributed by atoms with Crippen LogP contribution >= 0.6 is 11.6 Å². The molecule has 2 nitrogen and oxygen atoms in total. The minimum atomic E-state index is 0.0809. The van der Waals surface area contributed by atoms with Crippen LogP contribution in [0.15, 0.2) is 18.2 Å². The van der Waals surface area contributed by atoms with Gasteiger partial charge in [-0.1, -0.05) is 17.7 Å². The van der Waals surface area contributed by atoms with Gasteiger partial charge in [0.25, 0.3) is 0 Å². The lowest BCUT2D eigenvalue weighted by molar-refractivity contribution is 0.190. The molecule has 0 saturated heterocycles. The van der Waals surface area contributed by atoms with Gasteiger partial charge in [-0.25, -0.2) is 0 Å². The largest absolute Gasteiger partial charge is 0.385 e. The van der Waals surface area contributed by atoms with E-state index in [1.165, 1.54) is 5.56 Å². The first-order chi connectivity index (χ1) is 7.15. The third-order valence-electron chi connectivity index (χ3n) is 2.49. The van der Waals surface area contributed by atoms with E-state index in [4.69, 9.17) is 22.1 Å². The topological polar surface area (TPSA) is 35.2 Å². The van der Waals surface area contributed by atoms with Crippen LogP contribution in [0.3, 0.4) is 0 Å². The minimum absolute atomic E-state index is 0.0809. The van der Waals surface area contributed by atoms with E-state index in [2.05, 4.69) is 0 Å². The molecule has 0 bridgehead atoms. The number of hydrogen-bond acceptors (Lipinski definition) is 2. The molecule has 0 fully saturated rings. The quantitative estimate of drug-likeness (QED) is 0.785. The van der Waals surface area contributed by atoms with Crippen molar-refractivity contribution in [2.45, 2.75) is 25.8 Å². The lowest BCUT2D eigenvalue weighted by Crippen LogP contribution is -2.12. The molecule has 0 aliphatic heterocycles. The normalized spacial score (nSPS) is 12.8. The summed E-state index contributed by atoms with van der Waals surface area (Å²) in [5.41, 5.74) is 8.42. The number of methoxy groups -OCH3 is 1. The highest BCUT2D eigenvalue weighted by atomic mass is 35.5. The summed E-state index contributed by atoms with van der Waals surface area (Å²) in [5.74, 6) is 0. The molecule has 0 aliphatic carbocycles. The van der Waals surface area contributed by atoms with Gasteiger partial charge in [0, 0.05) is 24.8 Å². The SMILES string of the molecule is COCCCC(N)c1ccc(Cl)cc1C. The maximum absolute atomic E-state index is 6.09. The van der Waals surface area contributed by atoms with Gasteiger partial charge >= 0.3 is 0 Å². The van der Waals surface area contributed by atoms with Gasteiger partial charge in [0.2, 0.25) is 0 Å². The molecule has 0 spiro atoms. The van der Waals surface area contributed by atoms with E-state index in [1.54, 1.807) is 7.11 Å². The van der Waals surface area contributed by atoms with Crippen LogP contribution in [0.4, 0.5) is 0 Å². The zero-order chi connectivity index (χ0) is 11.3. The van der Waals surface area contributed by atoms with Gasteiger partial charge in [-0.2, -0.15) is 0 Å². The van der Waals surface area contributed by atoms with Crippen molar-refractivity contribution in [3.8, 4) is 0 Å². The Kier molecular flexibility index (Phi) is 5.09. The van der Waals surface area contributed by atoms with Crippen molar-refractivity contribution in [2.24, 2.45) is 5.73 Å². The molecule has 0 amide bonds. The Balaban J connectivity index is 2.61. The number of nitrogens with two attached hydrogens (primary N) is 1. The van der Waals surface area contributed by atoms with Crippen molar-refractivity contribution in [3.05, 3.63) is 34.3 Å². The van der Waals surface area contributed by atoms with E-state index in [1.807, 2.05) is 25.1 Å². The standard InChI is InChI=1S/C12H18ClNO/c1-9-8-10(13)5-6-11(9)12(14)4-3-7-15-2/h5-6,8,12H,3-4,7,14H2,1-2H3. The van der Waals surface area contributed by atoms with E-state index in [9.17, 15) is 0 Å². The molecule has 84 valence electrons. The summed E-state index contributed by atoms with van der Waals surface area (Å²) in [6.45, 7) is 2.80. The predicted molar refractivity (Wildman–Crippen MR) is 64.2 cm³/mol. The number of benzene rings is 1. The van der Waals surface area contributed by atoms with Crippen LogP contribution in [0.1, 0.15) is 30.0 Å².